The third-order valence-corrected chi connectivity index (χ3v) is 5.72. The molecule has 0 saturated carbocycles. The highest BCUT2D eigenvalue weighted by Crippen LogP contribution is 2.38. The van der Waals surface area contributed by atoms with Crippen LogP contribution in [0.4, 0.5) is 0 Å². The summed E-state index contributed by atoms with van der Waals surface area (Å²) in [6, 6.07) is 0. The van der Waals surface area contributed by atoms with Gasteiger partial charge in [-0.1, -0.05) is 46.4 Å². The van der Waals surface area contributed by atoms with Gasteiger partial charge in [-0.3, -0.25) is 0 Å². The molecule has 0 aromatic carbocycles. The minimum Gasteiger partial charge on any atom is -0.224 e. The van der Waals surface area contributed by atoms with Gasteiger partial charge in [0.05, 0.1) is 15.8 Å². The fourth-order valence-electron chi connectivity index (χ4n) is 1.13. The minimum absolute atomic E-state index is 0.220. The zero-order chi connectivity index (χ0) is 13.4. The Hall–Kier alpha value is 0.550. The number of alkyl halides is 1. The first-order chi connectivity index (χ1) is 7.66. The molecule has 9 heteroatoms. The van der Waals surface area contributed by atoms with Gasteiger partial charge in [-0.25, -0.2) is 13.4 Å². The molecule has 1 aromatic rings. The smallest absolute Gasteiger partial charge is 0.182 e. The molecule has 17 heavy (non-hydrogen) atoms. The molecule has 1 rings (SSSR count). The molecule has 0 aliphatic rings. The van der Waals surface area contributed by atoms with E-state index < -0.39 is 15.2 Å². The maximum atomic E-state index is 12.0. The summed E-state index contributed by atoms with van der Waals surface area (Å²) in [4.78, 5) is 3.26. The molecule has 1 atom stereocenters. The number of pyridine rings is 1. The van der Waals surface area contributed by atoms with Crippen LogP contribution in [0.15, 0.2) is 4.90 Å². The van der Waals surface area contributed by atoms with Gasteiger partial charge in [0.1, 0.15) is 4.90 Å². The van der Waals surface area contributed by atoms with Crippen molar-refractivity contribution in [3.05, 3.63) is 20.4 Å². The summed E-state index contributed by atoms with van der Waals surface area (Å²) in [6.07, 6.45) is 0. The first-order valence-corrected chi connectivity index (χ1v) is 7.83. The molecular formula is C8H6Cl5NO2S. The van der Waals surface area contributed by atoms with Crippen molar-refractivity contribution in [2.45, 2.75) is 17.2 Å². The average Bonchev–Trinajstić information content (AvgIpc) is 2.12. The maximum Gasteiger partial charge on any atom is 0.182 e. The summed E-state index contributed by atoms with van der Waals surface area (Å²) in [5.41, 5.74) is 0. The van der Waals surface area contributed by atoms with E-state index >= 15 is 0 Å². The molecule has 1 unspecified atom stereocenters. The Morgan fingerprint density at radius 1 is 1.12 bits per heavy atom. The van der Waals surface area contributed by atoms with Crippen molar-refractivity contribution in [2.24, 2.45) is 0 Å². The summed E-state index contributed by atoms with van der Waals surface area (Å²) < 4.78 is 24.0. The van der Waals surface area contributed by atoms with E-state index in [0.29, 0.717) is 0 Å². The van der Waals surface area contributed by atoms with Gasteiger partial charge in [-0.2, -0.15) is 0 Å². The summed E-state index contributed by atoms with van der Waals surface area (Å²) in [6.45, 7) is 1.53. The van der Waals surface area contributed by atoms with Gasteiger partial charge >= 0.3 is 0 Å². The summed E-state index contributed by atoms with van der Waals surface area (Å²) in [5.74, 6) is -0.329. The number of aromatic nitrogens is 1. The Balaban J connectivity index is 3.51. The van der Waals surface area contributed by atoms with Crippen LogP contribution in [-0.4, -0.2) is 24.5 Å². The maximum absolute atomic E-state index is 12.0. The third kappa shape index (κ3) is 3.52. The SMILES string of the molecule is CC(Cl)CS(=O)(=O)c1c(Cl)c(Cl)nc(Cl)c1Cl. The van der Waals surface area contributed by atoms with E-state index in [1.165, 1.54) is 6.92 Å². The summed E-state index contributed by atoms with van der Waals surface area (Å²) in [7, 11) is -3.77. The third-order valence-electron chi connectivity index (χ3n) is 1.72. The number of halogens is 5. The Morgan fingerprint density at radius 2 is 1.53 bits per heavy atom. The minimum atomic E-state index is -3.77. The monoisotopic (exact) mass is 355 g/mol. The van der Waals surface area contributed by atoms with E-state index in [-0.39, 0.29) is 31.0 Å². The largest absolute Gasteiger partial charge is 0.224 e. The van der Waals surface area contributed by atoms with Crippen molar-refractivity contribution in [3.63, 3.8) is 0 Å². The molecule has 0 fully saturated rings. The standard InChI is InChI=1S/C8H6Cl5NO2S/c1-3(9)2-17(15,16)6-4(10)7(12)14-8(13)5(6)11/h3H,2H2,1H3. The molecule has 3 nitrogen and oxygen atoms in total. The second kappa shape index (κ2) is 5.68. The van der Waals surface area contributed by atoms with Gasteiger partial charge in [0.15, 0.2) is 20.1 Å². The van der Waals surface area contributed by atoms with Gasteiger partial charge in [-0.05, 0) is 6.92 Å². The Labute approximate surface area is 124 Å². The lowest BCUT2D eigenvalue weighted by atomic mass is 10.5. The molecule has 1 aromatic heterocycles. The van der Waals surface area contributed by atoms with E-state index in [2.05, 4.69) is 4.98 Å². The van der Waals surface area contributed by atoms with Crippen LogP contribution in [0, 0.1) is 0 Å². The first-order valence-electron chi connectivity index (χ1n) is 4.23. The van der Waals surface area contributed by atoms with Crippen LogP contribution in [0.2, 0.25) is 20.4 Å². The van der Waals surface area contributed by atoms with Gasteiger partial charge < -0.3 is 0 Å². The Bertz CT molecular complexity index is 517. The average molecular weight is 357 g/mol. The predicted octanol–water partition coefficient (Wildman–Crippen LogP) is 4.10. The van der Waals surface area contributed by atoms with E-state index in [0.717, 1.165) is 0 Å². The quantitative estimate of drug-likeness (QED) is 0.604. The predicted molar refractivity (Wildman–Crippen MR) is 71.6 cm³/mol. The summed E-state index contributed by atoms with van der Waals surface area (Å²) in [5, 5.41) is -1.54. The van der Waals surface area contributed by atoms with Gasteiger partial charge in [0, 0.05) is 5.38 Å². The molecule has 0 radical (unpaired) electrons. The topological polar surface area (TPSA) is 47.0 Å². The fraction of sp³-hybridized carbons (Fsp3) is 0.375. The van der Waals surface area contributed by atoms with Crippen LogP contribution in [0.5, 0.6) is 0 Å². The zero-order valence-electron chi connectivity index (χ0n) is 8.35. The lowest BCUT2D eigenvalue weighted by molar-refractivity contribution is 0.595. The molecule has 0 saturated heterocycles. The second-order valence-corrected chi connectivity index (χ2v) is 7.40. The van der Waals surface area contributed by atoms with Gasteiger partial charge in [0.2, 0.25) is 0 Å². The molecule has 0 bridgehead atoms. The second-order valence-electron chi connectivity index (χ2n) is 3.21. The first kappa shape index (κ1) is 15.6. The molecule has 0 N–H and O–H groups in total. The van der Waals surface area contributed by atoms with E-state index in [1.54, 1.807) is 0 Å². The molecular weight excluding hydrogens is 351 g/mol. The van der Waals surface area contributed by atoms with Crippen LogP contribution in [-0.2, 0) is 9.84 Å². The molecule has 96 valence electrons. The van der Waals surface area contributed by atoms with Crippen LogP contribution in [0.3, 0.4) is 0 Å². The van der Waals surface area contributed by atoms with Crippen molar-refractivity contribution in [1.29, 1.82) is 0 Å². The molecule has 0 spiro atoms. The van der Waals surface area contributed by atoms with Crippen LogP contribution in [0.1, 0.15) is 6.92 Å². The Morgan fingerprint density at radius 3 is 1.88 bits per heavy atom. The fourth-order valence-corrected chi connectivity index (χ4v) is 4.68. The van der Waals surface area contributed by atoms with E-state index in [9.17, 15) is 8.42 Å². The molecule has 0 aliphatic carbocycles. The van der Waals surface area contributed by atoms with Crippen LogP contribution < -0.4 is 0 Å². The number of sulfone groups is 1. The number of rotatable bonds is 3. The Kier molecular flexibility index (Phi) is 5.21. The van der Waals surface area contributed by atoms with Gasteiger partial charge in [-0.15, -0.1) is 11.6 Å². The lowest BCUT2D eigenvalue weighted by Gasteiger charge is -2.11. The molecule has 1 heterocycles. The highest BCUT2D eigenvalue weighted by molar-refractivity contribution is 7.91. The highest BCUT2D eigenvalue weighted by atomic mass is 35.5. The van der Waals surface area contributed by atoms with Crippen molar-refractivity contribution in [3.8, 4) is 0 Å². The van der Waals surface area contributed by atoms with Crippen molar-refractivity contribution < 1.29 is 8.42 Å². The normalized spacial score (nSPS) is 13.8. The number of hydrogen-bond donors (Lipinski definition) is 0. The number of hydrogen-bond acceptors (Lipinski definition) is 3. The van der Waals surface area contributed by atoms with Crippen molar-refractivity contribution in [2.75, 3.05) is 5.75 Å². The highest BCUT2D eigenvalue weighted by Gasteiger charge is 2.27. The van der Waals surface area contributed by atoms with Crippen LogP contribution >= 0.6 is 58.0 Å². The number of nitrogens with zero attached hydrogens (tertiary/aromatic N) is 1. The lowest BCUT2D eigenvalue weighted by Crippen LogP contribution is -2.15. The van der Waals surface area contributed by atoms with Crippen LogP contribution in [0.25, 0.3) is 0 Å². The summed E-state index contributed by atoms with van der Waals surface area (Å²) >= 11 is 28.5. The van der Waals surface area contributed by atoms with Gasteiger partial charge in [0.25, 0.3) is 0 Å². The van der Waals surface area contributed by atoms with Crippen molar-refractivity contribution >= 4 is 67.8 Å². The van der Waals surface area contributed by atoms with Crippen molar-refractivity contribution in [1.82, 2.24) is 4.98 Å². The van der Waals surface area contributed by atoms with E-state index in [1.807, 2.05) is 0 Å². The van der Waals surface area contributed by atoms with E-state index in [4.69, 9.17) is 58.0 Å². The zero-order valence-corrected chi connectivity index (χ0v) is 12.9. The molecule has 0 amide bonds. The molecule has 0 aliphatic heterocycles.